The number of ether oxygens (including phenoxy) is 2. The predicted octanol–water partition coefficient (Wildman–Crippen LogP) is 4.83. The van der Waals surface area contributed by atoms with Crippen LogP contribution in [0.5, 0.6) is 5.75 Å². The van der Waals surface area contributed by atoms with Crippen molar-refractivity contribution >= 4 is 23.9 Å². The van der Waals surface area contributed by atoms with Gasteiger partial charge in [-0.3, -0.25) is 0 Å². The number of allylic oxidation sites excluding steroid dienone is 2. The molecule has 0 radical (unpaired) electrons. The molecule has 33 heavy (non-hydrogen) atoms. The first-order valence-electron chi connectivity index (χ1n) is 10.2. The van der Waals surface area contributed by atoms with Crippen molar-refractivity contribution in [3.8, 4) is 5.75 Å². The minimum Gasteiger partial charge on any atom is -0.494 e. The van der Waals surface area contributed by atoms with E-state index in [4.69, 9.17) is 9.47 Å². The van der Waals surface area contributed by atoms with Gasteiger partial charge in [-0.2, -0.15) is 13.2 Å². The van der Waals surface area contributed by atoms with Crippen LogP contribution >= 0.6 is 0 Å². The van der Waals surface area contributed by atoms with Gasteiger partial charge in [0.05, 0.1) is 37.3 Å². The summed E-state index contributed by atoms with van der Waals surface area (Å²) in [6, 6.07) is 10.5. The van der Waals surface area contributed by atoms with Gasteiger partial charge in [0.1, 0.15) is 17.4 Å². The molecule has 1 aliphatic rings. The van der Waals surface area contributed by atoms with Crippen molar-refractivity contribution in [2.45, 2.75) is 13.1 Å². The van der Waals surface area contributed by atoms with E-state index in [1.807, 2.05) is 12.1 Å². The molecular weight excluding hydrogens is 435 g/mol. The lowest BCUT2D eigenvalue weighted by Crippen LogP contribution is -2.36. The lowest BCUT2D eigenvalue weighted by atomic mass is 10.2. The van der Waals surface area contributed by atoms with E-state index in [9.17, 15) is 13.2 Å². The third-order valence-electron chi connectivity index (χ3n) is 5.03. The molecule has 1 fully saturated rings. The number of hydrogen-bond donors (Lipinski definition) is 2. The summed E-state index contributed by atoms with van der Waals surface area (Å²) in [7, 11) is 1.52. The summed E-state index contributed by atoms with van der Waals surface area (Å²) in [5.74, 6) is 0.891. The van der Waals surface area contributed by atoms with Crippen LogP contribution in [0.4, 0.5) is 30.4 Å². The van der Waals surface area contributed by atoms with E-state index in [1.165, 1.54) is 19.4 Å². The second kappa shape index (κ2) is 10.9. The SMILES string of the molecule is C=N/C(=C\C(Nc1ccccn1)=C(/C)C(F)(F)F)Nc1ccc(N2CCOCC2)cc1OC. The standard InChI is InChI=1S/C23H26F3N5O2/c1-16(23(24,25)26)19(30-21-6-4-5-9-28-21)15-22(27-2)29-18-8-7-17(14-20(18)32-3)31-10-12-33-13-11-31/h4-9,14-15,29H,2,10-13H2,1,3H3,(H,28,30)/b19-16-,22-15+. The molecule has 0 saturated carbocycles. The highest BCUT2D eigenvalue weighted by atomic mass is 19.4. The lowest BCUT2D eigenvalue weighted by Gasteiger charge is -2.29. The van der Waals surface area contributed by atoms with E-state index >= 15 is 0 Å². The zero-order valence-electron chi connectivity index (χ0n) is 18.4. The minimum absolute atomic E-state index is 0.106. The van der Waals surface area contributed by atoms with Crippen molar-refractivity contribution in [3.63, 3.8) is 0 Å². The first-order chi connectivity index (χ1) is 15.8. The van der Waals surface area contributed by atoms with E-state index in [1.54, 1.807) is 24.3 Å². The molecular formula is C23H26F3N5O2. The van der Waals surface area contributed by atoms with Gasteiger partial charge in [-0.15, -0.1) is 0 Å². The van der Waals surface area contributed by atoms with Gasteiger partial charge in [0, 0.05) is 37.1 Å². The van der Waals surface area contributed by atoms with Crippen molar-refractivity contribution in [2.75, 3.05) is 48.9 Å². The maximum atomic E-state index is 13.5. The van der Waals surface area contributed by atoms with Crippen LogP contribution in [0.3, 0.4) is 0 Å². The number of aliphatic imine (C=N–C) groups is 1. The fourth-order valence-electron chi connectivity index (χ4n) is 3.16. The van der Waals surface area contributed by atoms with Crippen LogP contribution < -0.4 is 20.3 Å². The Hall–Kier alpha value is -3.53. The second-order valence-corrected chi connectivity index (χ2v) is 7.17. The molecule has 1 aromatic carbocycles. The van der Waals surface area contributed by atoms with Crippen LogP contribution in [0.15, 0.2) is 70.8 Å². The Kier molecular flexibility index (Phi) is 7.94. The fraction of sp³-hybridized carbons (Fsp3) is 0.304. The average molecular weight is 461 g/mol. The van der Waals surface area contributed by atoms with E-state index in [0.29, 0.717) is 24.7 Å². The Morgan fingerprint density at radius 3 is 2.58 bits per heavy atom. The quantitative estimate of drug-likeness (QED) is 0.434. The van der Waals surface area contributed by atoms with Crippen LogP contribution in [0.1, 0.15) is 6.92 Å². The number of benzene rings is 1. The Morgan fingerprint density at radius 2 is 1.97 bits per heavy atom. The zero-order valence-corrected chi connectivity index (χ0v) is 18.4. The average Bonchev–Trinajstić information content (AvgIpc) is 2.83. The molecule has 2 aromatic rings. The molecule has 0 spiro atoms. The number of rotatable bonds is 8. The molecule has 7 nitrogen and oxygen atoms in total. The monoisotopic (exact) mass is 461 g/mol. The number of halogens is 3. The van der Waals surface area contributed by atoms with Crippen LogP contribution in [-0.4, -0.2) is 51.3 Å². The number of pyridine rings is 1. The third-order valence-corrected chi connectivity index (χ3v) is 5.03. The summed E-state index contributed by atoms with van der Waals surface area (Å²) in [6.07, 6.45) is -1.82. The molecule has 3 rings (SSSR count). The summed E-state index contributed by atoms with van der Waals surface area (Å²) in [5, 5.41) is 5.71. The highest BCUT2D eigenvalue weighted by molar-refractivity contribution is 5.67. The number of alkyl halides is 3. The molecule has 2 heterocycles. The molecule has 1 saturated heterocycles. The van der Waals surface area contributed by atoms with Crippen molar-refractivity contribution in [1.82, 2.24) is 4.98 Å². The van der Waals surface area contributed by atoms with Gasteiger partial charge in [-0.1, -0.05) is 6.07 Å². The highest BCUT2D eigenvalue weighted by Gasteiger charge is 2.32. The number of nitrogens with one attached hydrogen (secondary N) is 2. The first kappa shape index (κ1) is 24.1. The molecule has 0 bridgehead atoms. The van der Waals surface area contributed by atoms with Gasteiger partial charge in [0.25, 0.3) is 0 Å². The molecule has 0 atom stereocenters. The van der Waals surface area contributed by atoms with Crippen molar-refractivity contribution in [1.29, 1.82) is 0 Å². The summed E-state index contributed by atoms with van der Waals surface area (Å²) in [4.78, 5) is 10.1. The van der Waals surface area contributed by atoms with Crippen molar-refractivity contribution in [3.05, 3.63) is 65.8 Å². The van der Waals surface area contributed by atoms with E-state index in [0.717, 1.165) is 25.7 Å². The molecule has 176 valence electrons. The Bertz CT molecular complexity index is 1020. The Morgan fingerprint density at radius 1 is 1.21 bits per heavy atom. The Labute approximate surface area is 190 Å². The summed E-state index contributed by atoms with van der Waals surface area (Å²) >= 11 is 0. The Balaban J connectivity index is 1.90. The zero-order chi connectivity index (χ0) is 23.8. The predicted molar refractivity (Wildman–Crippen MR) is 124 cm³/mol. The van der Waals surface area contributed by atoms with Gasteiger partial charge in [0.15, 0.2) is 0 Å². The highest BCUT2D eigenvalue weighted by Crippen LogP contribution is 2.33. The van der Waals surface area contributed by atoms with Crippen LogP contribution in [0.25, 0.3) is 0 Å². The fourth-order valence-corrected chi connectivity index (χ4v) is 3.16. The molecule has 10 heteroatoms. The number of morpholine rings is 1. The minimum atomic E-state index is -4.54. The largest absolute Gasteiger partial charge is 0.494 e. The summed E-state index contributed by atoms with van der Waals surface area (Å²) < 4.78 is 51.3. The van der Waals surface area contributed by atoms with E-state index in [-0.39, 0.29) is 17.3 Å². The molecule has 1 aromatic heterocycles. The van der Waals surface area contributed by atoms with Gasteiger partial charge in [0.2, 0.25) is 0 Å². The van der Waals surface area contributed by atoms with Gasteiger partial charge in [-0.05, 0) is 37.9 Å². The van der Waals surface area contributed by atoms with Gasteiger partial charge >= 0.3 is 6.18 Å². The van der Waals surface area contributed by atoms with Gasteiger partial charge in [-0.25, -0.2) is 9.98 Å². The van der Waals surface area contributed by atoms with Crippen molar-refractivity contribution < 1.29 is 22.6 Å². The molecule has 1 aliphatic heterocycles. The summed E-state index contributed by atoms with van der Waals surface area (Å²) in [5.41, 5.74) is 0.462. The summed E-state index contributed by atoms with van der Waals surface area (Å²) in [6.45, 7) is 7.30. The second-order valence-electron chi connectivity index (χ2n) is 7.17. The number of hydrogen-bond acceptors (Lipinski definition) is 7. The van der Waals surface area contributed by atoms with E-state index < -0.39 is 11.7 Å². The first-order valence-corrected chi connectivity index (χ1v) is 10.2. The lowest BCUT2D eigenvalue weighted by molar-refractivity contribution is -0.0918. The normalized spacial score (nSPS) is 15.5. The maximum absolute atomic E-state index is 13.5. The maximum Gasteiger partial charge on any atom is 0.414 e. The topological polar surface area (TPSA) is 71.0 Å². The smallest absolute Gasteiger partial charge is 0.414 e. The van der Waals surface area contributed by atoms with Crippen LogP contribution in [0.2, 0.25) is 0 Å². The number of methoxy groups -OCH3 is 1. The van der Waals surface area contributed by atoms with Crippen LogP contribution in [0, 0.1) is 0 Å². The molecule has 0 aliphatic carbocycles. The third kappa shape index (κ3) is 6.48. The molecule has 0 unspecified atom stereocenters. The molecule has 2 N–H and O–H groups in total. The van der Waals surface area contributed by atoms with Crippen LogP contribution in [-0.2, 0) is 4.74 Å². The van der Waals surface area contributed by atoms with E-state index in [2.05, 4.69) is 32.2 Å². The van der Waals surface area contributed by atoms with Gasteiger partial charge < -0.3 is 25.0 Å². The molecule has 0 amide bonds. The number of anilines is 3. The number of nitrogens with zero attached hydrogens (tertiary/aromatic N) is 3. The number of aromatic nitrogens is 1. The van der Waals surface area contributed by atoms with Crippen molar-refractivity contribution in [2.24, 2.45) is 4.99 Å².